The van der Waals surface area contributed by atoms with Crippen LogP contribution in [0.5, 0.6) is 0 Å². The molecule has 0 fully saturated rings. The summed E-state index contributed by atoms with van der Waals surface area (Å²) in [4.78, 5) is 36.6. The predicted octanol–water partition coefficient (Wildman–Crippen LogP) is 6.67. The smallest absolute Gasteiger partial charge is 0.164 e. The van der Waals surface area contributed by atoms with E-state index in [0.717, 1.165) is 43.8 Å². The number of aromatic amines is 2. The first-order valence-corrected chi connectivity index (χ1v) is 12.9. The Hall–Kier alpha value is -5.76. The van der Waals surface area contributed by atoms with Crippen LogP contribution in [-0.4, -0.2) is 39.9 Å². The number of aromatic nitrogens is 8. The van der Waals surface area contributed by atoms with Gasteiger partial charge in [-0.25, -0.2) is 29.9 Å². The SMILES string of the molecule is [c]1cccc2c3nc4nc(nc5[nH]c(nc6nc(nc([nH]3)c12)-c1ccccc1-6)c1ccccc51)-c1ccccc1-4. The van der Waals surface area contributed by atoms with Gasteiger partial charge in [-0.3, -0.25) is 0 Å². The zero-order chi connectivity index (χ0) is 26.2. The van der Waals surface area contributed by atoms with Crippen molar-refractivity contribution in [3.05, 3.63) is 97.1 Å². The van der Waals surface area contributed by atoms with Crippen LogP contribution in [0.3, 0.4) is 0 Å². The Labute approximate surface area is 226 Å². The molecule has 8 bridgehead atoms. The molecule has 5 heterocycles. The van der Waals surface area contributed by atoms with Crippen LogP contribution in [0.4, 0.5) is 0 Å². The summed E-state index contributed by atoms with van der Waals surface area (Å²) in [6, 6.07) is 33.2. The molecule has 2 aliphatic rings. The van der Waals surface area contributed by atoms with Gasteiger partial charge in [-0.05, 0) is 6.07 Å². The van der Waals surface area contributed by atoms with Crippen LogP contribution < -0.4 is 0 Å². The van der Waals surface area contributed by atoms with Crippen molar-refractivity contribution in [3.63, 3.8) is 0 Å². The van der Waals surface area contributed by atoms with Crippen molar-refractivity contribution < 1.29 is 0 Å². The maximum atomic E-state index is 5.01. The minimum atomic E-state index is 0.577. The maximum Gasteiger partial charge on any atom is 0.164 e. The van der Waals surface area contributed by atoms with E-state index in [1.54, 1.807) is 0 Å². The Morgan fingerprint density at radius 2 is 0.800 bits per heavy atom. The molecule has 3 aromatic heterocycles. The largest absolute Gasteiger partial charge is 0.324 e. The Morgan fingerprint density at radius 1 is 0.400 bits per heavy atom. The van der Waals surface area contributed by atoms with Gasteiger partial charge in [0.15, 0.2) is 23.3 Å². The Kier molecular flexibility index (Phi) is 4.17. The highest BCUT2D eigenvalue weighted by molar-refractivity contribution is 6.06. The van der Waals surface area contributed by atoms with E-state index in [1.807, 2.05) is 91.0 Å². The summed E-state index contributed by atoms with van der Waals surface area (Å²) in [7, 11) is 0. The van der Waals surface area contributed by atoms with Gasteiger partial charge in [0.1, 0.15) is 22.6 Å². The number of rotatable bonds is 0. The van der Waals surface area contributed by atoms with E-state index >= 15 is 0 Å². The van der Waals surface area contributed by atoms with E-state index in [2.05, 4.69) is 16.0 Å². The number of fused-ring (bicyclic) bond motifs is 20. The van der Waals surface area contributed by atoms with Crippen LogP contribution in [-0.2, 0) is 0 Å². The molecule has 40 heavy (non-hydrogen) atoms. The molecule has 4 aromatic carbocycles. The van der Waals surface area contributed by atoms with E-state index in [9.17, 15) is 0 Å². The highest BCUT2D eigenvalue weighted by Gasteiger charge is 2.21. The fraction of sp³-hybridized carbons (Fsp3) is 0. The van der Waals surface area contributed by atoms with Crippen molar-refractivity contribution in [2.45, 2.75) is 0 Å². The monoisotopic (exact) mass is 513 g/mol. The van der Waals surface area contributed by atoms with E-state index < -0.39 is 0 Å². The fourth-order valence-corrected chi connectivity index (χ4v) is 5.52. The quantitative estimate of drug-likeness (QED) is 0.234. The summed E-state index contributed by atoms with van der Waals surface area (Å²) < 4.78 is 0. The molecule has 0 aliphatic carbocycles. The van der Waals surface area contributed by atoms with Crippen LogP contribution in [0.1, 0.15) is 0 Å². The van der Waals surface area contributed by atoms with Crippen molar-refractivity contribution in [2.75, 3.05) is 0 Å². The zero-order valence-electron chi connectivity index (χ0n) is 20.8. The van der Waals surface area contributed by atoms with Crippen molar-refractivity contribution in [1.29, 1.82) is 0 Å². The first-order chi connectivity index (χ1) is 19.8. The summed E-state index contributed by atoms with van der Waals surface area (Å²) in [5.74, 6) is 2.34. The number of hydrogen-bond acceptors (Lipinski definition) is 6. The first-order valence-electron chi connectivity index (χ1n) is 12.9. The van der Waals surface area contributed by atoms with Crippen molar-refractivity contribution in [1.82, 2.24) is 39.9 Å². The zero-order valence-corrected chi connectivity index (χ0v) is 20.8. The second-order valence-corrected chi connectivity index (χ2v) is 9.71. The third-order valence-corrected chi connectivity index (χ3v) is 7.37. The molecule has 8 heteroatoms. The average Bonchev–Trinajstić information content (AvgIpc) is 3.73. The van der Waals surface area contributed by atoms with Crippen molar-refractivity contribution >= 4 is 44.1 Å². The number of benzene rings is 4. The van der Waals surface area contributed by atoms with Gasteiger partial charge in [0.2, 0.25) is 0 Å². The molecule has 0 saturated carbocycles. The number of nitrogens with one attached hydrogen (secondary N) is 2. The third kappa shape index (κ3) is 3.01. The first kappa shape index (κ1) is 21.2. The van der Waals surface area contributed by atoms with Crippen LogP contribution in [0, 0.1) is 6.07 Å². The van der Waals surface area contributed by atoms with Gasteiger partial charge in [-0.1, -0.05) is 91.0 Å². The van der Waals surface area contributed by atoms with Crippen LogP contribution >= 0.6 is 0 Å². The molecule has 0 atom stereocenters. The topological polar surface area (TPSA) is 109 Å². The van der Waals surface area contributed by atoms with E-state index in [4.69, 9.17) is 29.9 Å². The highest BCUT2D eigenvalue weighted by Crippen LogP contribution is 2.36. The minimum absolute atomic E-state index is 0.577. The van der Waals surface area contributed by atoms with Gasteiger partial charge in [0.25, 0.3) is 0 Å². The number of H-pyrrole nitrogens is 2. The summed E-state index contributed by atoms with van der Waals surface area (Å²) in [6.07, 6.45) is 0. The lowest BCUT2D eigenvalue weighted by Gasteiger charge is -1.96. The molecule has 2 N–H and O–H groups in total. The van der Waals surface area contributed by atoms with E-state index in [1.165, 1.54) is 0 Å². The molecule has 0 saturated heterocycles. The van der Waals surface area contributed by atoms with Crippen molar-refractivity contribution in [3.8, 4) is 45.6 Å². The molecule has 1 radical (unpaired) electrons. The van der Waals surface area contributed by atoms with Crippen LogP contribution in [0.25, 0.3) is 89.7 Å². The van der Waals surface area contributed by atoms with E-state index in [0.29, 0.717) is 45.9 Å². The number of hydrogen-bond donors (Lipinski definition) is 2. The molecule has 8 nitrogen and oxygen atoms in total. The lowest BCUT2D eigenvalue weighted by molar-refractivity contribution is 1.19. The lowest BCUT2D eigenvalue weighted by atomic mass is 10.1. The van der Waals surface area contributed by atoms with Gasteiger partial charge >= 0.3 is 0 Å². The molecule has 9 rings (SSSR count). The Bertz CT molecular complexity index is 2030. The standard InChI is InChI=1S/C32H17N8/c1-2-10-18-17(9-1)25-33-26(18)38-28-21-13-5-6-14-22(21)30(35-28)40-32-24-16-8-7-15-23(24)31(36-32)39-29-20-12-4-3-11-19(20)27(34-29)37-25/h1-15H,(H2,33,34,35,36,37,38,39,40). The third-order valence-electron chi connectivity index (χ3n) is 7.37. The van der Waals surface area contributed by atoms with Gasteiger partial charge in [0.05, 0.1) is 0 Å². The normalized spacial score (nSPS) is 12.0. The highest BCUT2D eigenvalue weighted by atomic mass is 15.1. The maximum absolute atomic E-state index is 5.01. The number of nitrogens with zero attached hydrogens (tertiary/aromatic N) is 6. The molecule has 7 aromatic rings. The van der Waals surface area contributed by atoms with Gasteiger partial charge in [0, 0.05) is 43.8 Å². The molecular weight excluding hydrogens is 496 g/mol. The van der Waals surface area contributed by atoms with Gasteiger partial charge in [-0.15, -0.1) is 0 Å². The molecule has 0 unspecified atom stereocenters. The van der Waals surface area contributed by atoms with Crippen molar-refractivity contribution in [2.24, 2.45) is 0 Å². The fourth-order valence-electron chi connectivity index (χ4n) is 5.52. The molecule has 0 amide bonds. The molecule has 2 aliphatic heterocycles. The van der Waals surface area contributed by atoms with Crippen LogP contribution in [0.15, 0.2) is 91.0 Å². The summed E-state index contributed by atoms with van der Waals surface area (Å²) in [5.41, 5.74) is 6.31. The average molecular weight is 514 g/mol. The van der Waals surface area contributed by atoms with Crippen LogP contribution in [0.2, 0.25) is 0 Å². The minimum Gasteiger partial charge on any atom is -0.324 e. The summed E-state index contributed by atoms with van der Waals surface area (Å²) >= 11 is 0. The Balaban J connectivity index is 1.51. The lowest BCUT2D eigenvalue weighted by Crippen LogP contribution is -1.82. The second-order valence-electron chi connectivity index (χ2n) is 9.71. The van der Waals surface area contributed by atoms with Gasteiger partial charge in [-0.2, -0.15) is 0 Å². The summed E-state index contributed by atoms with van der Waals surface area (Å²) in [5, 5.41) is 3.63. The van der Waals surface area contributed by atoms with Gasteiger partial charge < -0.3 is 9.97 Å². The molecular formula is C32H17N8. The molecule has 0 spiro atoms. The Morgan fingerprint density at radius 3 is 1.32 bits per heavy atom. The predicted molar refractivity (Wildman–Crippen MR) is 155 cm³/mol. The molecule has 185 valence electrons. The summed E-state index contributed by atoms with van der Waals surface area (Å²) in [6.45, 7) is 0. The van der Waals surface area contributed by atoms with E-state index in [-0.39, 0.29) is 0 Å². The second kappa shape index (κ2) is 7.87.